The number of amides is 1. The second-order valence-electron chi connectivity index (χ2n) is 3.85. The quantitative estimate of drug-likeness (QED) is 0.753. The zero-order chi connectivity index (χ0) is 11.7. The predicted octanol–water partition coefficient (Wildman–Crippen LogP) is 1.11. The topological polar surface area (TPSA) is 41.1 Å². The number of nitrogens with one attached hydrogen (secondary N) is 2. The van der Waals surface area contributed by atoms with Crippen molar-refractivity contribution in [3.05, 3.63) is 35.4 Å². The van der Waals surface area contributed by atoms with Crippen LogP contribution in [0, 0.1) is 11.6 Å². The number of carbonyl (C=O) groups is 1. The Morgan fingerprint density at radius 1 is 1.38 bits per heavy atom. The molecule has 0 spiro atoms. The molecule has 3 nitrogen and oxygen atoms in total. The molecule has 0 aromatic heterocycles. The molecule has 1 saturated heterocycles. The summed E-state index contributed by atoms with van der Waals surface area (Å²) in [6, 6.07) is 2.53. The summed E-state index contributed by atoms with van der Waals surface area (Å²) in [4.78, 5) is 11.2. The van der Waals surface area contributed by atoms with Crippen molar-refractivity contribution in [2.45, 2.75) is 19.0 Å². The second-order valence-corrected chi connectivity index (χ2v) is 3.85. The van der Waals surface area contributed by atoms with Gasteiger partial charge in [0, 0.05) is 12.1 Å². The molecule has 5 heteroatoms. The van der Waals surface area contributed by atoms with Gasteiger partial charge in [0.1, 0.15) is 11.6 Å². The van der Waals surface area contributed by atoms with Crippen LogP contribution in [0.5, 0.6) is 0 Å². The van der Waals surface area contributed by atoms with Crippen LogP contribution in [-0.4, -0.2) is 18.5 Å². The number of halogens is 2. The minimum absolute atomic E-state index is 0.131. The summed E-state index contributed by atoms with van der Waals surface area (Å²) < 4.78 is 26.5. The van der Waals surface area contributed by atoms with Crippen molar-refractivity contribution < 1.29 is 13.6 Å². The Kier molecular flexibility index (Phi) is 2.87. The van der Waals surface area contributed by atoms with Crippen molar-refractivity contribution in [2.75, 3.05) is 6.54 Å². The molecule has 1 aromatic rings. The van der Waals surface area contributed by atoms with Gasteiger partial charge >= 0.3 is 0 Å². The van der Waals surface area contributed by atoms with Crippen molar-refractivity contribution in [3.63, 3.8) is 0 Å². The molecule has 0 bridgehead atoms. The second kappa shape index (κ2) is 4.17. The van der Waals surface area contributed by atoms with Crippen LogP contribution in [0.2, 0.25) is 0 Å². The molecule has 2 N–H and O–H groups in total. The van der Waals surface area contributed by atoms with Gasteiger partial charge in [-0.15, -0.1) is 0 Å². The Hall–Kier alpha value is -1.49. The third kappa shape index (κ3) is 2.04. The van der Waals surface area contributed by atoms with Gasteiger partial charge in [0.05, 0.1) is 12.1 Å². The molecule has 0 aliphatic carbocycles. The third-order valence-electron chi connectivity index (χ3n) is 2.66. The average Bonchev–Trinajstić information content (AvgIpc) is 2.26. The lowest BCUT2D eigenvalue weighted by Crippen LogP contribution is -2.53. The van der Waals surface area contributed by atoms with Gasteiger partial charge in [0.15, 0.2) is 0 Å². The number of benzene rings is 1. The van der Waals surface area contributed by atoms with Gasteiger partial charge in [0.25, 0.3) is 0 Å². The first kappa shape index (κ1) is 11.0. The third-order valence-corrected chi connectivity index (χ3v) is 2.66. The highest BCUT2D eigenvalue weighted by Crippen LogP contribution is 2.20. The van der Waals surface area contributed by atoms with Gasteiger partial charge in [0.2, 0.25) is 5.91 Å². The van der Waals surface area contributed by atoms with E-state index >= 15 is 0 Å². The fourth-order valence-electron chi connectivity index (χ4n) is 1.77. The van der Waals surface area contributed by atoms with Crippen LogP contribution in [0.1, 0.15) is 18.5 Å². The van der Waals surface area contributed by atoms with Crippen molar-refractivity contribution >= 4 is 5.91 Å². The Bertz CT molecular complexity index is 422. The molecular formula is C11H12F2N2O. The molecule has 1 aliphatic rings. The standard InChI is InChI=1S/C11H12F2N2O/c1-6-11(16)14-5-10(15-6)8-4-7(12)2-3-9(8)13/h2-4,6,10,15H,5H2,1H3,(H,14,16). The fourth-order valence-corrected chi connectivity index (χ4v) is 1.77. The van der Waals surface area contributed by atoms with Crippen LogP contribution >= 0.6 is 0 Å². The molecule has 2 rings (SSSR count). The van der Waals surface area contributed by atoms with E-state index in [0.717, 1.165) is 18.2 Å². The van der Waals surface area contributed by atoms with E-state index in [9.17, 15) is 13.6 Å². The zero-order valence-electron chi connectivity index (χ0n) is 8.76. The van der Waals surface area contributed by atoms with Gasteiger partial charge < -0.3 is 5.32 Å². The monoisotopic (exact) mass is 226 g/mol. The number of carbonyl (C=O) groups excluding carboxylic acids is 1. The van der Waals surface area contributed by atoms with Gasteiger partial charge in [-0.1, -0.05) is 0 Å². The number of rotatable bonds is 1. The van der Waals surface area contributed by atoms with Gasteiger partial charge in [-0.05, 0) is 25.1 Å². The lowest BCUT2D eigenvalue weighted by molar-refractivity contribution is -0.124. The molecule has 1 fully saturated rings. The molecular weight excluding hydrogens is 214 g/mol. The van der Waals surface area contributed by atoms with E-state index in [1.165, 1.54) is 0 Å². The minimum Gasteiger partial charge on any atom is -0.353 e. The highest BCUT2D eigenvalue weighted by atomic mass is 19.1. The number of hydrogen-bond acceptors (Lipinski definition) is 2. The van der Waals surface area contributed by atoms with Gasteiger partial charge in [-0.25, -0.2) is 8.78 Å². The van der Waals surface area contributed by atoms with Crippen molar-refractivity contribution in [3.8, 4) is 0 Å². The molecule has 0 saturated carbocycles. The van der Waals surface area contributed by atoms with Crippen LogP contribution in [-0.2, 0) is 4.79 Å². The van der Waals surface area contributed by atoms with Crippen LogP contribution in [0.4, 0.5) is 8.78 Å². The lowest BCUT2D eigenvalue weighted by atomic mass is 10.0. The number of hydrogen-bond donors (Lipinski definition) is 2. The first-order chi connectivity index (χ1) is 7.58. The van der Waals surface area contributed by atoms with Crippen molar-refractivity contribution in [1.82, 2.24) is 10.6 Å². The van der Waals surface area contributed by atoms with E-state index in [0.29, 0.717) is 0 Å². The summed E-state index contributed by atoms with van der Waals surface area (Å²) in [5.41, 5.74) is 0.242. The molecule has 2 atom stereocenters. The largest absolute Gasteiger partial charge is 0.353 e. The normalized spacial score (nSPS) is 25.3. The molecule has 1 aliphatic heterocycles. The first-order valence-electron chi connectivity index (χ1n) is 5.06. The van der Waals surface area contributed by atoms with Crippen molar-refractivity contribution in [1.29, 1.82) is 0 Å². The summed E-state index contributed by atoms with van der Waals surface area (Å²) in [5.74, 6) is -1.09. The number of piperazine rings is 1. The van der Waals surface area contributed by atoms with Crippen molar-refractivity contribution in [2.24, 2.45) is 0 Å². The van der Waals surface area contributed by atoms with Gasteiger partial charge in [-0.2, -0.15) is 0 Å². The zero-order valence-corrected chi connectivity index (χ0v) is 8.76. The smallest absolute Gasteiger partial charge is 0.236 e. The molecule has 0 radical (unpaired) electrons. The van der Waals surface area contributed by atoms with E-state index in [2.05, 4.69) is 10.6 Å². The minimum atomic E-state index is -0.484. The van der Waals surface area contributed by atoms with Crippen LogP contribution in [0.15, 0.2) is 18.2 Å². The highest BCUT2D eigenvalue weighted by molar-refractivity contribution is 5.82. The summed E-state index contributed by atoms with van der Waals surface area (Å²) in [7, 11) is 0. The highest BCUT2D eigenvalue weighted by Gasteiger charge is 2.26. The van der Waals surface area contributed by atoms with E-state index < -0.39 is 17.7 Å². The summed E-state index contributed by atoms with van der Waals surface area (Å²) >= 11 is 0. The van der Waals surface area contributed by atoms with Gasteiger partial charge in [-0.3, -0.25) is 10.1 Å². The molecule has 2 unspecified atom stereocenters. The lowest BCUT2D eigenvalue weighted by Gasteiger charge is -2.29. The SMILES string of the molecule is CC1NC(c2cc(F)ccc2F)CNC1=O. The summed E-state index contributed by atoms with van der Waals surface area (Å²) in [6.45, 7) is 1.95. The molecule has 86 valence electrons. The Morgan fingerprint density at radius 2 is 2.12 bits per heavy atom. The molecule has 1 amide bonds. The van der Waals surface area contributed by atoms with E-state index in [1.807, 2.05) is 0 Å². The fraction of sp³-hybridized carbons (Fsp3) is 0.364. The van der Waals surface area contributed by atoms with Crippen LogP contribution in [0.25, 0.3) is 0 Å². The predicted molar refractivity (Wildman–Crippen MR) is 54.7 cm³/mol. The van der Waals surface area contributed by atoms with E-state index in [4.69, 9.17) is 0 Å². The average molecular weight is 226 g/mol. The molecule has 16 heavy (non-hydrogen) atoms. The summed E-state index contributed by atoms with van der Waals surface area (Å²) in [6.07, 6.45) is 0. The Balaban J connectivity index is 2.24. The first-order valence-corrected chi connectivity index (χ1v) is 5.06. The maximum absolute atomic E-state index is 13.5. The Labute approximate surface area is 91.8 Å². The molecule has 1 aromatic carbocycles. The van der Waals surface area contributed by atoms with E-state index in [-0.39, 0.29) is 24.1 Å². The summed E-state index contributed by atoms with van der Waals surface area (Å²) in [5, 5.41) is 5.57. The maximum Gasteiger partial charge on any atom is 0.236 e. The maximum atomic E-state index is 13.5. The Morgan fingerprint density at radius 3 is 2.81 bits per heavy atom. The van der Waals surface area contributed by atoms with E-state index in [1.54, 1.807) is 6.92 Å². The van der Waals surface area contributed by atoms with Crippen LogP contribution < -0.4 is 10.6 Å². The molecule has 1 heterocycles. The van der Waals surface area contributed by atoms with Crippen LogP contribution in [0.3, 0.4) is 0 Å².